The second kappa shape index (κ2) is 10.4. The van der Waals surface area contributed by atoms with Crippen molar-refractivity contribution in [1.82, 2.24) is 14.5 Å². The molecule has 6 rings (SSSR count). The van der Waals surface area contributed by atoms with Gasteiger partial charge in [-0.25, -0.2) is 25.6 Å². The Hall–Kier alpha value is -0.848. The van der Waals surface area contributed by atoms with Gasteiger partial charge in [-0.2, -0.15) is 0 Å². The van der Waals surface area contributed by atoms with Gasteiger partial charge in [0.15, 0.2) is 0 Å². The number of nitrogens with zero attached hydrogens (tertiary/aromatic N) is 2. The number of sulfonamides is 1. The van der Waals surface area contributed by atoms with E-state index >= 15 is 0 Å². The Labute approximate surface area is 220 Å². The second-order valence-corrected chi connectivity index (χ2v) is 11.4. The van der Waals surface area contributed by atoms with E-state index in [-0.39, 0.29) is 43.2 Å². The van der Waals surface area contributed by atoms with Crippen molar-refractivity contribution in [2.45, 2.75) is 68.5 Å². The Balaban J connectivity index is 0.000000198. The van der Waals surface area contributed by atoms with Gasteiger partial charge in [0, 0.05) is 25.2 Å². The zero-order valence-electron chi connectivity index (χ0n) is 19.0. The van der Waals surface area contributed by atoms with Crippen LogP contribution in [0.15, 0.2) is 41.1 Å². The van der Waals surface area contributed by atoms with Crippen molar-refractivity contribution in [1.29, 1.82) is 0 Å². The van der Waals surface area contributed by atoms with E-state index in [4.69, 9.17) is 4.74 Å². The van der Waals surface area contributed by atoms with Crippen LogP contribution in [0.1, 0.15) is 44.1 Å². The van der Waals surface area contributed by atoms with E-state index in [0.717, 1.165) is 50.6 Å². The number of amides is 1. The molecule has 176 valence electrons. The molecule has 7 nitrogen and oxygen atoms in total. The van der Waals surface area contributed by atoms with E-state index in [0.29, 0.717) is 30.1 Å². The minimum Gasteiger partial charge on any atom is -0.479 e. The number of hydrogen-bond donors (Lipinski definition) is 1. The molecular formula is C24H31N3O4SU. The molecule has 33 heavy (non-hydrogen) atoms. The fourth-order valence-corrected chi connectivity index (χ4v) is 6.76. The van der Waals surface area contributed by atoms with Crippen LogP contribution in [-0.2, 0) is 19.6 Å². The Morgan fingerprint density at radius 2 is 1.85 bits per heavy atom. The molecule has 2 saturated carbocycles. The molecule has 1 aromatic rings. The van der Waals surface area contributed by atoms with E-state index < -0.39 is 10.0 Å². The van der Waals surface area contributed by atoms with Crippen LogP contribution in [0.25, 0.3) is 0 Å². The average Bonchev–Trinajstić information content (AvgIpc) is 3.71. The molecule has 2 saturated heterocycles. The second-order valence-electron chi connectivity index (χ2n) is 9.54. The summed E-state index contributed by atoms with van der Waals surface area (Å²) in [6.45, 7) is 3.82. The SMILES string of the molecule is Cc1ccc(S(=O)(=O)N2[C@@H]([C-]3CC3)COC[C@H]2C2CC2)cc1.O=[C-]N1C=C2CCC(C1)N2.[U+2]. The monoisotopic (exact) mass is 695 g/mol. The van der Waals surface area contributed by atoms with Gasteiger partial charge in [-0.05, 0) is 50.7 Å². The van der Waals surface area contributed by atoms with E-state index in [9.17, 15) is 13.2 Å². The summed E-state index contributed by atoms with van der Waals surface area (Å²) < 4.78 is 34.0. The van der Waals surface area contributed by atoms with Crippen molar-refractivity contribution in [2.24, 2.45) is 5.92 Å². The van der Waals surface area contributed by atoms with Crippen molar-refractivity contribution in [3.63, 3.8) is 0 Å². The van der Waals surface area contributed by atoms with Crippen LogP contribution in [0.5, 0.6) is 0 Å². The first-order valence-corrected chi connectivity index (χ1v) is 13.0. The quantitative estimate of drug-likeness (QED) is 0.480. The molecular weight excluding hydrogens is 664 g/mol. The number of aryl methyl sites for hydroxylation is 1. The first-order valence-electron chi connectivity index (χ1n) is 11.6. The summed E-state index contributed by atoms with van der Waals surface area (Å²) in [5, 5.41) is 3.30. The van der Waals surface area contributed by atoms with Crippen LogP contribution in [0.3, 0.4) is 0 Å². The van der Waals surface area contributed by atoms with Crippen molar-refractivity contribution in [3.05, 3.63) is 47.6 Å². The van der Waals surface area contributed by atoms with Crippen LogP contribution >= 0.6 is 0 Å². The molecule has 0 spiro atoms. The van der Waals surface area contributed by atoms with Crippen molar-refractivity contribution in [2.75, 3.05) is 19.8 Å². The maximum absolute atomic E-state index is 13.2. The maximum Gasteiger partial charge on any atom is 2.00 e. The van der Waals surface area contributed by atoms with Gasteiger partial charge >= 0.3 is 31.1 Å². The van der Waals surface area contributed by atoms with Gasteiger partial charge in [-0.15, -0.1) is 6.20 Å². The third kappa shape index (κ3) is 5.70. The number of benzene rings is 1. The molecule has 1 N–H and O–H groups in total. The Kier molecular flexibility index (Phi) is 7.97. The summed E-state index contributed by atoms with van der Waals surface area (Å²) in [5.74, 6) is 1.81. The summed E-state index contributed by atoms with van der Waals surface area (Å²) in [5.41, 5.74) is 2.26. The van der Waals surface area contributed by atoms with Gasteiger partial charge in [0.05, 0.1) is 17.9 Å². The molecule has 1 unspecified atom stereocenters. The van der Waals surface area contributed by atoms with Crippen LogP contribution in [0.2, 0.25) is 0 Å². The minimum atomic E-state index is -3.45. The van der Waals surface area contributed by atoms with E-state index in [1.165, 1.54) is 11.6 Å². The molecule has 3 heterocycles. The fraction of sp³-hybridized carbons (Fsp3) is 0.583. The normalized spacial score (nSPS) is 29.2. The van der Waals surface area contributed by atoms with E-state index in [2.05, 4.69) is 5.32 Å². The molecule has 1 aromatic carbocycles. The number of rotatable bonds is 5. The molecule has 4 fully saturated rings. The zero-order valence-corrected chi connectivity index (χ0v) is 24.0. The number of allylic oxidation sites excluding steroid dienone is 1. The molecule has 5 aliphatic rings. The zero-order chi connectivity index (χ0) is 22.3. The third-order valence-electron chi connectivity index (χ3n) is 6.97. The molecule has 9 heteroatoms. The standard InChI is InChI=1S/C17H22NO3S.C7H9N2O.U/c1-12-2-8-15(9-3-12)22(19,20)18-16(13-4-5-13)10-21-11-17(18)14-6-7-14;10-5-9-3-6-1-2-7(4-9)8-6;/h2-3,8-9,13,16-17H,4-7,10-11H2,1H3;3,7-8H,1-2,4H2;/q2*-1;+2/t16-,17+;;/m0../s1. The average molecular weight is 696 g/mol. The van der Waals surface area contributed by atoms with Crippen molar-refractivity contribution in [3.8, 4) is 0 Å². The van der Waals surface area contributed by atoms with Gasteiger partial charge in [-0.1, -0.05) is 29.4 Å². The largest absolute Gasteiger partial charge is 2.00 e. The number of ether oxygens (including phenoxy) is 1. The van der Waals surface area contributed by atoms with Crippen molar-refractivity contribution < 1.29 is 49.1 Å². The van der Waals surface area contributed by atoms with Gasteiger partial charge < -0.3 is 19.7 Å². The molecule has 3 aliphatic heterocycles. The van der Waals surface area contributed by atoms with Gasteiger partial charge in [0.25, 0.3) is 0 Å². The van der Waals surface area contributed by atoms with Crippen LogP contribution in [0, 0.1) is 49.9 Å². The minimum absolute atomic E-state index is 0. The number of fused-ring (bicyclic) bond motifs is 2. The molecule has 0 aromatic heterocycles. The Morgan fingerprint density at radius 1 is 1.12 bits per heavy atom. The summed E-state index contributed by atoms with van der Waals surface area (Å²) in [6, 6.07) is 7.67. The predicted octanol–water partition coefficient (Wildman–Crippen LogP) is 2.49. The van der Waals surface area contributed by atoms with Gasteiger partial charge in [-0.3, -0.25) is 5.92 Å². The number of nitrogens with one attached hydrogen (secondary N) is 1. The smallest absolute Gasteiger partial charge is 0.479 e. The summed E-state index contributed by atoms with van der Waals surface area (Å²) in [7, 11) is -3.45. The summed E-state index contributed by atoms with van der Waals surface area (Å²) >= 11 is 0. The maximum atomic E-state index is 13.2. The van der Waals surface area contributed by atoms with Gasteiger partial charge in [0.2, 0.25) is 10.0 Å². The van der Waals surface area contributed by atoms with Crippen LogP contribution in [0.4, 0.5) is 0 Å². The van der Waals surface area contributed by atoms with Gasteiger partial charge in [0.1, 0.15) is 0 Å². The number of carbonyl (C=O) groups excluding carboxylic acids is 1. The molecule has 1 amide bonds. The first kappa shape index (κ1) is 25.3. The van der Waals surface area contributed by atoms with E-state index in [1.807, 2.05) is 31.7 Å². The van der Waals surface area contributed by atoms with E-state index in [1.54, 1.807) is 21.3 Å². The van der Waals surface area contributed by atoms with Crippen LogP contribution in [-0.4, -0.2) is 61.9 Å². The first-order chi connectivity index (χ1) is 15.5. The fourth-order valence-electron chi connectivity index (χ4n) is 4.90. The molecule has 3 atom stereocenters. The number of hydrogen-bond acceptors (Lipinski definition) is 5. The van der Waals surface area contributed by atoms with Crippen molar-refractivity contribution >= 4 is 16.4 Å². The Morgan fingerprint density at radius 3 is 2.45 bits per heavy atom. The summed E-state index contributed by atoms with van der Waals surface area (Å²) in [6.07, 6.45) is 10.3. The number of morpholine rings is 1. The molecule has 0 radical (unpaired) electrons. The molecule has 2 bridgehead atoms. The third-order valence-corrected chi connectivity index (χ3v) is 8.92. The predicted molar refractivity (Wildman–Crippen MR) is 120 cm³/mol. The topological polar surface area (TPSA) is 79.0 Å². The Bertz CT molecular complexity index is 956. The molecule has 2 aliphatic carbocycles. The van der Waals surface area contributed by atoms with Crippen LogP contribution < -0.4 is 5.32 Å². The summed E-state index contributed by atoms with van der Waals surface area (Å²) in [4.78, 5) is 12.2.